The maximum Gasteiger partial charge on any atom is 0.410 e. The number of anilines is 1. The van der Waals surface area contributed by atoms with Crippen LogP contribution in [0.15, 0.2) is 17.2 Å². The zero-order valence-electron chi connectivity index (χ0n) is 13.7. The van der Waals surface area contributed by atoms with Gasteiger partial charge in [-0.15, -0.1) is 11.8 Å². The smallest absolute Gasteiger partial charge is 0.410 e. The van der Waals surface area contributed by atoms with Gasteiger partial charge in [0.1, 0.15) is 11.4 Å². The first-order valence-corrected chi connectivity index (χ1v) is 9.23. The van der Waals surface area contributed by atoms with E-state index in [4.69, 9.17) is 16.3 Å². The van der Waals surface area contributed by atoms with E-state index in [1.54, 1.807) is 18.0 Å². The van der Waals surface area contributed by atoms with Crippen molar-refractivity contribution in [2.75, 3.05) is 30.3 Å². The number of halogens is 1. The molecule has 0 radical (unpaired) electrons. The lowest BCUT2D eigenvalue weighted by molar-refractivity contribution is 0.0213. The normalized spacial score (nSPS) is 21.3. The van der Waals surface area contributed by atoms with E-state index in [-0.39, 0.29) is 12.1 Å². The van der Waals surface area contributed by atoms with Gasteiger partial charge in [0.05, 0.1) is 9.92 Å². The third kappa shape index (κ3) is 3.86. The molecule has 126 valence electrons. The molecule has 3 heterocycles. The molecule has 23 heavy (non-hydrogen) atoms. The average molecular weight is 356 g/mol. The summed E-state index contributed by atoms with van der Waals surface area (Å²) < 4.78 is 5.50. The molecule has 1 atom stereocenters. The summed E-state index contributed by atoms with van der Waals surface area (Å²) in [7, 11) is 0. The molecule has 0 N–H and O–H groups in total. The van der Waals surface area contributed by atoms with E-state index < -0.39 is 5.60 Å². The lowest BCUT2D eigenvalue weighted by Crippen LogP contribution is -2.55. The van der Waals surface area contributed by atoms with Crippen molar-refractivity contribution in [3.8, 4) is 0 Å². The van der Waals surface area contributed by atoms with Crippen LogP contribution in [-0.4, -0.2) is 53.0 Å². The molecule has 0 aromatic carbocycles. The summed E-state index contributed by atoms with van der Waals surface area (Å²) in [6.07, 6.45) is 2.49. The monoisotopic (exact) mass is 355 g/mol. The topological polar surface area (TPSA) is 45.7 Å². The Morgan fingerprint density at radius 1 is 1.43 bits per heavy atom. The van der Waals surface area contributed by atoms with Gasteiger partial charge in [-0.3, -0.25) is 0 Å². The van der Waals surface area contributed by atoms with E-state index in [0.717, 1.165) is 29.4 Å². The minimum absolute atomic E-state index is 0.224. The molecular formula is C16H22ClN3O2S. The molecule has 0 bridgehead atoms. The standard InChI is InChI=1S/C16H22ClN3O2S/c1-16(2,3)22-15(21)19-5-6-20-12(10-19)4-7-23-13-8-11(17)9-18-14(13)20/h8-9,12H,4-7,10H2,1-3H3. The lowest BCUT2D eigenvalue weighted by atomic mass is 10.1. The van der Waals surface area contributed by atoms with Crippen molar-refractivity contribution in [2.45, 2.75) is 43.7 Å². The molecule has 1 unspecified atom stereocenters. The number of nitrogens with zero attached hydrogens (tertiary/aromatic N) is 3. The van der Waals surface area contributed by atoms with Crippen LogP contribution >= 0.6 is 23.4 Å². The summed E-state index contributed by atoms with van der Waals surface area (Å²) in [5.74, 6) is 1.99. The second-order valence-corrected chi connectivity index (χ2v) is 8.46. The van der Waals surface area contributed by atoms with Gasteiger partial charge in [0.25, 0.3) is 0 Å². The fourth-order valence-electron chi connectivity index (χ4n) is 2.91. The summed E-state index contributed by atoms with van der Waals surface area (Å²) >= 11 is 7.85. The molecule has 1 fully saturated rings. The quantitative estimate of drug-likeness (QED) is 0.710. The van der Waals surface area contributed by atoms with Crippen LogP contribution < -0.4 is 4.90 Å². The van der Waals surface area contributed by atoms with Crippen LogP contribution in [0, 0.1) is 0 Å². The molecule has 2 aliphatic rings. The Bertz CT molecular complexity index is 605. The van der Waals surface area contributed by atoms with Gasteiger partial charge in [0.2, 0.25) is 0 Å². The van der Waals surface area contributed by atoms with Gasteiger partial charge in [-0.05, 0) is 33.3 Å². The molecule has 0 aliphatic carbocycles. The van der Waals surface area contributed by atoms with Crippen LogP contribution in [0.4, 0.5) is 10.6 Å². The van der Waals surface area contributed by atoms with E-state index in [0.29, 0.717) is 18.1 Å². The van der Waals surface area contributed by atoms with Crippen molar-refractivity contribution in [2.24, 2.45) is 0 Å². The number of rotatable bonds is 0. The summed E-state index contributed by atoms with van der Waals surface area (Å²) in [5, 5.41) is 0.669. The largest absolute Gasteiger partial charge is 0.444 e. The highest BCUT2D eigenvalue weighted by atomic mass is 35.5. The number of carbonyl (C=O) groups is 1. The van der Waals surface area contributed by atoms with Crippen LogP contribution in [0.1, 0.15) is 27.2 Å². The first kappa shape index (κ1) is 16.7. The number of hydrogen-bond donors (Lipinski definition) is 0. The Morgan fingerprint density at radius 3 is 2.96 bits per heavy atom. The van der Waals surface area contributed by atoms with E-state index in [2.05, 4.69) is 9.88 Å². The molecule has 1 aromatic rings. The molecule has 0 saturated carbocycles. The summed E-state index contributed by atoms with van der Waals surface area (Å²) in [6.45, 7) is 7.79. The highest BCUT2D eigenvalue weighted by molar-refractivity contribution is 7.99. The Kier molecular flexibility index (Phi) is 4.65. The van der Waals surface area contributed by atoms with Crippen molar-refractivity contribution in [1.82, 2.24) is 9.88 Å². The lowest BCUT2D eigenvalue weighted by Gasteiger charge is -2.41. The number of fused-ring (bicyclic) bond motifs is 3. The van der Waals surface area contributed by atoms with Gasteiger partial charge in [-0.1, -0.05) is 11.6 Å². The Morgan fingerprint density at radius 2 is 2.22 bits per heavy atom. The van der Waals surface area contributed by atoms with Crippen LogP contribution in [0.25, 0.3) is 0 Å². The second-order valence-electron chi connectivity index (χ2n) is 6.89. The van der Waals surface area contributed by atoms with Crippen molar-refractivity contribution < 1.29 is 9.53 Å². The molecule has 1 amide bonds. The zero-order valence-corrected chi connectivity index (χ0v) is 15.3. The Hall–Kier alpha value is -1.14. The van der Waals surface area contributed by atoms with Gasteiger partial charge in [-0.2, -0.15) is 0 Å². The van der Waals surface area contributed by atoms with E-state index in [9.17, 15) is 4.79 Å². The summed E-state index contributed by atoms with van der Waals surface area (Å²) in [5.41, 5.74) is -0.460. The number of ether oxygens (including phenoxy) is 1. The van der Waals surface area contributed by atoms with E-state index >= 15 is 0 Å². The molecular weight excluding hydrogens is 334 g/mol. The molecule has 5 nitrogen and oxygen atoms in total. The third-order valence-electron chi connectivity index (χ3n) is 3.91. The molecule has 1 saturated heterocycles. The minimum atomic E-state index is -0.460. The van der Waals surface area contributed by atoms with Crippen LogP contribution in [0.5, 0.6) is 0 Å². The summed E-state index contributed by atoms with van der Waals surface area (Å²) in [6, 6.07) is 2.26. The van der Waals surface area contributed by atoms with Crippen LogP contribution in [0.3, 0.4) is 0 Å². The minimum Gasteiger partial charge on any atom is -0.444 e. The Balaban J connectivity index is 1.75. The van der Waals surface area contributed by atoms with Crippen LogP contribution in [-0.2, 0) is 4.74 Å². The molecule has 2 aliphatic heterocycles. The first-order valence-electron chi connectivity index (χ1n) is 7.86. The van der Waals surface area contributed by atoms with Gasteiger partial charge < -0.3 is 14.5 Å². The zero-order chi connectivity index (χ0) is 16.6. The number of amides is 1. The highest BCUT2D eigenvalue weighted by Crippen LogP contribution is 2.37. The number of piperazine rings is 1. The Labute approximate surface area is 146 Å². The van der Waals surface area contributed by atoms with Crippen molar-refractivity contribution >= 4 is 35.3 Å². The van der Waals surface area contributed by atoms with Crippen LogP contribution in [0.2, 0.25) is 5.02 Å². The SMILES string of the molecule is CC(C)(C)OC(=O)N1CCN2c3ncc(Cl)cc3SCCC2C1. The van der Waals surface area contributed by atoms with Gasteiger partial charge in [0, 0.05) is 37.6 Å². The fraction of sp³-hybridized carbons (Fsp3) is 0.625. The number of carbonyl (C=O) groups excluding carboxylic acids is 1. The maximum atomic E-state index is 12.3. The number of pyridine rings is 1. The predicted octanol–water partition coefficient (Wildman–Crippen LogP) is 3.66. The van der Waals surface area contributed by atoms with Crippen molar-refractivity contribution in [1.29, 1.82) is 0 Å². The number of thioether (sulfide) groups is 1. The third-order valence-corrected chi connectivity index (χ3v) is 5.17. The first-order chi connectivity index (χ1) is 10.8. The van der Waals surface area contributed by atoms with Gasteiger partial charge >= 0.3 is 6.09 Å². The maximum absolute atomic E-state index is 12.3. The molecule has 3 rings (SSSR count). The van der Waals surface area contributed by atoms with Crippen molar-refractivity contribution in [3.05, 3.63) is 17.3 Å². The molecule has 1 aromatic heterocycles. The van der Waals surface area contributed by atoms with E-state index in [1.165, 1.54) is 0 Å². The van der Waals surface area contributed by atoms with Gasteiger partial charge in [0.15, 0.2) is 0 Å². The summed E-state index contributed by atoms with van der Waals surface area (Å²) in [4.78, 5) is 22.1. The average Bonchev–Trinajstić information content (AvgIpc) is 2.63. The van der Waals surface area contributed by atoms with Gasteiger partial charge in [-0.25, -0.2) is 9.78 Å². The number of aromatic nitrogens is 1. The van der Waals surface area contributed by atoms with Crippen molar-refractivity contribution in [3.63, 3.8) is 0 Å². The second kappa shape index (κ2) is 6.40. The molecule has 0 spiro atoms. The fourth-order valence-corrected chi connectivity index (χ4v) is 4.26. The predicted molar refractivity (Wildman–Crippen MR) is 93.5 cm³/mol. The number of hydrogen-bond acceptors (Lipinski definition) is 5. The van der Waals surface area contributed by atoms with E-state index in [1.807, 2.05) is 31.7 Å². The molecule has 7 heteroatoms. The highest BCUT2D eigenvalue weighted by Gasteiger charge is 2.34.